The number of thiophene rings is 1. The summed E-state index contributed by atoms with van der Waals surface area (Å²) in [6, 6.07) is 4.19. The highest BCUT2D eigenvalue weighted by Crippen LogP contribution is 2.23. The lowest BCUT2D eigenvalue weighted by molar-refractivity contribution is -0.0695. The average molecular weight is 198 g/mol. The van der Waals surface area contributed by atoms with E-state index >= 15 is 0 Å². The molecule has 0 unspecified atom stereocenters. The van der Waals surface area contributed by atoms with Gasteiger partial charge in [0.1, 0.15) is 0 Å². The molecule has 1 N–H and O–H groups in total. The van der Waals surface area contributed by atoms with Gasteiger partial charge in [-0.15, -0.1) is 11.3 Å². The van der Waals surface area contributed by atoms with Crippen molar-refractivity contribution in [2.24, 2.45) is 0 Å². The number of hydrogen-bond donors (Lipinski definition) is 1. The Morgan fingerprint density at radius 3 is 3.00 bits per heavy atom. The fourth-order valence-electron chi connectivity index (χ4n) is 1.45. The van der Waals surface area contributed by atoms with Gasteiger partial charge in [-0.1, -0.05) is 6.07 Å². The largest absolute Gasteiger partial charge is 0.393 e. The number of aliphatic hydroxyl groups excluding tert-OH is 1. The summed E-state index contributed by atoms with van der Waals surface area (Å²) >= 11 is 1.77. The van der Waals surface area contributed by atoms with Crippen LogP contribution in [0.5, 0.6) is 0 Å². The van der Waals surface area contributed by atoms with Crippen LogP contribution in [-0.4, -0.2) is 23.9 Å². The molecule has 13 heavy (non-hydrogen) atoms. The molecular weight excluding hydrogens is 184 g/mol. The van der Waals surface area contributed by atoms with Crippen LogP contribution >= 0.6 is 11.3 Å². The first-order chi connectivity index (χ1) is 6.34. The molecule has 1 aromatic heterocycles. The summed E-state index contributed by atoms with van der Waals surface area (Å²) in [6.07, 6.45) is 2.86. The molecule has 2 nitrogen and oxygen atoms in total. The first-order valence-corrected chi connectivity index (χ1v) is 5.54. The maximum Gasteiger partial charge on any atom is 0.0624 e. The van der Waals surface area contributed by atoms with Gasteiger partial charge in [0.2, 0.25) is 0 Å². The molecule has 3 heteroatoms. The van der Waals surface area contributed by atoms with E-state index in [4.69, 9.17) is 9.84 Å². The minimum atomic E-state index is -0.105. The summed E-state index contributed by atoms with van der Waals surface area (Å²) in [6.45, 7) is 0.790. The van der Waals surface area contributed by atoms with E-state index in [2.05, 4.69) is 17.5 Å². The fourth-order valence-corrected chi connectivity index (χ4v) is 2.15. The second kappa shape index (κ2) is 4.22. The third-order valence-corrected chi connectivity index (χ3v) is 3.29. The SMILES string of the molecule is OC1CC(OCCc2cccs2)C1. The quantitative estimate of drug-likeness (QED) is 0.799. The molecule has 1 aliphatic rings. The predicted octanol–water partition coefficient (Wildman–Crippen LogP) is 1.83. The summed E-state index contributed by atoms with van der Waals surface area (Å²) in [5.41, 5.74) is 0. The number of ether oxygens (including phenoxy) is 1. The Labute approximate surface area is 82.2 Å². The fraction of sp³-hybridized carbons (Fsp3) is 0.600. The van der Waals surface area contributed by atoms with Crippen molar-refractivity contribution in [2.75, 3.05) is 6.61 Å². The molecular formula is C10H14O2S. The smallest absolute Gasteiger partial charge is 0.0624 e. The minimum Gasteiger partial charge on any atom is -0.393 e. The van der Waals surface area contributed by atoms with Crippen LogP contribution in [0.3, 0.4) is 0 Å². The van der Waals surface area contributed by atoms with Crippen LogP contribution in [0.25, 0.3) is 0 Å². The van der Waals surface area contributed by atoms with Crippen molar-refractivity contribution in [1.29, 1.82) is 0 Å². The van der Waals surface area contributed by atoms with Crippen LogP contribution in [-0.2, 0) is 11.2 Å². The van der Waals surface area contributed by atoms with Crippen molar-refractivity contribution >= 4 is 11.3 Å². The Balaban J connectivity index is 1.59. The van der Waals surface area contributed by atoms with Crippen molar-refractivity contribution in [3.05, 3.63) is 22.4 Å². The van der Waals surface area contributed by atoms with Crippen molar-refractivity contribution in [2.45, 2.75) is 31.5 Å². The van der Waals surface area contributed by atoms with Gasteiger partial charge in [-0.3, -0.25) is 0 Å². The van der Waals surface area contributed by atoms with Gasteiger partial charge in [-0.25, -0.2) is 0 Å². The average Bonchev–Trinajstić information content (AvgIpc) is 2.53. The van der Waals surface area contributed by atoms with Crippen molar-refractivity contribution < 1.29 is 9.84 Å². The highest BCUT2D eigenvalue weighted by molar-refractivity contribution is 7.09. The molecule has 0 atom stereocenters. The van der Waals surface area contributed by atoms with E-state index < -0.39 is 0 Å². The van der Waals surface area contributed by atoms with Crippen LogP contribution in [0.15, 0.2) is 17.5 Å². The van der Waals surface area contributed by atoms with E-state index in [1.165, 1.54) is 4.88 Å². The lowest BCUT2D eigenvalue weighted by Gasteiger charge is -2.31. The molecule has 72 valence electrons. The normalized spacial score (nSPS) is 27.2. The molecule has 1 aromatic rings. The molecule has 0 bridgehead atoms. The van der Waals surface area contributed by atoms with E-state index in [0.717, 1.165) is 25.9 Å². The summed E-state index contributed by atoms with van der Waals surface area (Å²) < 4.78 is 5.57. The maximum atomic E-state index is 9.02. The van der Waals surface area contributed by atoms with Gasteiger partial charge in [0, 0.05) is 11.3 Å². The Morgan fingerprint density at radius 2 is 2.38 bits per heavy atom. The molecule has 1 fully saturated rings. The molecule has 1 aliphatic carbocycles. The molecule has 1 heterocycles. The zero-order chi connectivity index (χ0) is 9.10. The second-order valence-electron chi connectivity index (χ2n) is 3.45. The zero-order valence-corrected chi connectivity index (χ0v) is 8.30. The van der Waals surface area contributed by atoms with E-state index in [-0.39, 0.29) is 6.10 Å². The molecule has 2 rings (SSSR count). The van der Waals surface area contributed by atoms with E-state index in [0.29, 0.717) is 6.10 Å². The molecule has 0 spiro atoms. The molecule has 0 saturated heterocycles. The molecule has 0 aliphatic heterocycles. The molecule has 0 aromatic carbocycles. The summed E-state index contributed by atoms with van der Waals surface area (Å²) in [5, 5.41) is 11.1. The monoisotopic (exact) mass is 198 g/mol. The van der Waals surface area contributed by atoms with Crippen molar-refractivity contribution in [3.8, 4) is 0 Å². The maximum absolute atomic E-state index is 9.02. The van der Waals surface area contributed by atoms with Crippen molar-refractivity contribution in [3.63, 3.8) is 0 Å². The van der Waals surface area contributed by atoms with E-state index in [1.807, 2.05) is 0 Å². The third-order valence-electron chi connectivity index (χ3n) is 2.35. The van der Waals surface area contributed by atoms with Crippen LogP contribution in [0, 0.1) is 0 Å². The van der Waals surface area contributed by atoms with Gasteiger partial charge in [0.15, 0.2) is 0 Å². The minimum absolute atomic E-state index is 0.105. The Bertz CT molecular complexity index is 239. The zero-order valence-electron chi connectivity index (χ0n) is 7.48. The number of aliphatic hydroxyl groups is 1. The van der Waals surface area contributed by atoms with Gasteiger partial charge in [-0.05, 0) is 24.3 Å². The summed E-state index contributed by atoms with van der Waals surface area (Å²) in [7, 11) is 0. The highest BCUT2D eigenvalue weighted by atomic mass is 32.1. The van der Waals surface area contributed by atoms with Crippen LogP contribution in [0.2, 0.25) is 0 Å². The molecule has 1 saturated carbocycles. The predicted molar refractivity (Wildman–Crippen MR) is 53.0 cm³/mol. The highest BCUT2D eigenvalue weighted by Gasteiger charge is 2.27. The first-order valence-electron chi connectivity index (χ1n) is 4.66. The van der Waals surface area contributed by atoms with Gasteiger partial charge < -0.3 is 9.84 Å². The Hall–Kier alpha value is -0.380. The van der Waals surface area contributed by atoms with Gasteiger partial charge in [-0.2, -0.15) is 0 Å². The molecule has 0 radical (unpaired) electrons. The number of hydrogen-bond acceptors (Lipinski definition) is 3. The van der Waals surface area contributed by atoms with Gasteiger partial charge in [0.25, 0.3) is 0 Å². The Kier molecular flexibility index (Phi) is 2.98. The summed E-state index contributed by atoms with van der Waals surface area (Å²) in [5.74, 6) is 0. The third kappa shape index (κ3) is 2.53. The number of rotatable bonds is 4. The lowest BCUT2D eigenvalue weighted by atomic mass is 9.92. The van der Waals surface area contributed by atoms with E-state index in [1.54, 1.807) is 11.3 Å². The van der Waals surface area contributed by atoms with Crippen molar-refractivity contribution in [1.82, 2.24) is 0 Å². The first kappa shape index (κ1) is 9.19. The van der Waals surface area contributed by atoms with Gasteiger partial charge in [0.05, 0.1) is 18.8 Å². The Morgan fingerprint density at radius 1 is 1.54 bits per heavy atom. The molecule has 0 amide bonds. The second-order valence-corrected chi connectivity index (χ2v) is 4.48. The standard InChI is InChI=1S/C10H14O2S/c11-8-6-9(7-8)12-4-3-10-2-1-5-13-10/h1-2,5,8-9,11H,3-4,6-7H2. The lowest BCUT2D eigenvalue weighted by Crippen LogP contribution is -2.35. The van der Waals surface area contributed by atoms with Crippen LogP contribution < -0.4 is 0 Å². The topological polar surface area (TPSA) is 29.5 Å². The summed E-state index contributed by atoms with van der Waals surface area (Å²) in [4.78, 5) is 1.37. The van der Waals surface area contributed by atoms with Crippen LogP contribution in [0.1, 0.15) is 17.7 Å². The van der Waals surface area contributed by atoms with E-state index in [9.17, 15) is 0 Å². The van der Waals surface area contributed by atoms with Gasteiger partial charge >= 0.3 is 0 Å². The van der Waals surface area contributed by atoms with Crippen LogP contribution in [0.4, 0.5) is 0 Å².